The van der Waals surface area contributed by atoms with Gasteiger partial charge in [0.05, 0.1) is 11.3 Å². The van der Waals surface area contributed by atoms with E-state index in [9.17, 15) is 8.78 Å². The molecule has 0 spiro atoms. The Hall–Kier alpha value is -2.68. The lowest BCUT2D eigenvalue weighted by Crippen LogP contribution is -1.99. The molecule has 3 heterocycles. The Bertz CT molecular complexity index is 1030. The fraction of sp³-hybridized carbons (Fsp3) is 0.200. The van der Waals surface area contributed by atoms with E-state index in [0.29, 0.717) is 28.0 Å². The summed E-state index contributed by atoms with van der Waals surface area (Å²) in [6.45, 7) is 3.67. The maximum Gasteiger partial charge on any atom is 0.234 e. The van der Waals surface area contributed by atoms with E-state index >= 15 is 0 Å². The van der Waals surface area contributed by atoms with Crippen molar-refractivity contribution in [3.05, 3.63) is 52.7 Å². The van der Waals surface area contributed by atoms with Crippen LogP contribution in [0.3, 0.4) is 0 Å². The normalized spacial score (nSPS) is 11.5. The lowest BCUT2D eigenvalue weighted by molar-refractivity contribution is 0.392. The molecule has 0 bridgehead atoms. The first-order valence-electron chi connectivity index (χ1n) is 7.11. The van der Waals surface area contributed by atoms with Gasteiger partial charge < -0.3 is 4.52 Å². The van der Waals surface area contributed by atoms with Gasteiger partial charge in [-0.05, 0) is 32.0 Å². The summed E-state index contributed by atoms with van der Waals surface area (Å²) >= 11 is 1.15. The summed E-state index contributed by atoms with van der Waals surface area (Å²) in [5.41, 5.74) is 1.79. The molecule has 0 atom stereocenters. The zero-order valence-electron chi connectivity index (χ0n) is 12.7. The largest absolute Gasteiger partial charge is 0.361 e. The number of rotatable bonds is 3. The van der Waals surface area contributed by atoms with Crippen molar-refractivity contribution in [2.75, 3.05) is 0 Å². The monoisotopic (exact) mass is 347 g/mol. The highest BCUT2D eigenvalue weighted by Crippen LogP contribution is 2.29. The summed E-state index contributed by atoms with van der Waals surface area (Å²) < 4.78 is 34.0. The molecule has 4 rings (SSSR count). The van der Waals surface area contributed by atoms with Crippen molar-refractivity contribution in [2.45, 2.75) is 20.3 Å². The van der Waals surface area contributed by atoms with Crippen LogP contribution in [0.5, 0.6) is 0 Å². The molecule has 1 aromatic carbocycles. The quantitative estimate of drug-likeness (QED) is 0.569. The van der Waals surface area contributed by atoms with E-state index in [1.807, 2.05) is 13.8 Å². The van der Waals surface area contributed by atoms with Crippen molar-refractivity contribution in [1.82, 2.24) is 25.0 Å². The van der Waals surface area contributed by atoms with Crippen molar-refractivity contribution in [2.24, 2.45) is 0 Å². The number of fused-ring (bicyclic) bond motifs is 1. The molecule has 0 saturated carbocycles. The molecule has 0 radical (unpaired) electrons. The first-order chi connectivity index (χ1) is 11.5. The SMILES string of the molecule is Cc1noc(C)c1Cc1nnc2sc(-c3cc(F)ccc3F)nn12. The van der Waals surface area contributed by atoms with Crippen LogP contribution >= 0.6 is 11.3 Å². The van der Waals surface area contributed by atoms with Gasteiger partial charge in [-0.3, -0.25) is 0 Å². The third-order valence-electron chi connectivity index (χ3n) is 3.73. The Labute approximate surface area is 138 Å². The summed E-state index contributed by atoms with van der Waals surface area (Å²) in [4.78, 5) is 0.510. The van der Waals surface area contributed by atoms with Crippen molar-refractivity contribution in [3.63, 3.8) is 0 Å². The third kappa shape index (κ3) is 2.37. The average Bonchev–Trinajstić information content (AvgIpc) is 3.21. The standard InChI is InChI=1S/C15H11F2N5OS/c1-7-10(8(2)23-21-7)6-13-18-19-15-22(13)20-14(24-15)11-5-9(16)3-4-12(11)17/h3-5H,6H2,1-2H3. The van der Waals surface area contributed by atoms with E-state index in [0.717, 1.165) is 40.8 Å². The van der Waals surface area contributed by atoms with Gasteiger partial charge in [0.1, 0.15) is 17.4 Å². The van der Waals surface area contributed by atoms with Crippen LogP contribution in [-0.4, -0.2) is 25.0 Å². The molecule has 3 aromatic heterocycles. The minimum atomic E-state index is -0.534. The molecular weight excluding hydrogens is 336 g/mol. The van der Waals surface area contributed by atoms with Crippen LogP contribution in [-0.2, 0) is 6.42 Å². The topological polar surface area (TPSA) is 69.1 Å². The molecule has 122 valence electrons. The van der Waals surface area contributed by atoms with Gasteiger partial charge in [-0.2, -0.15) is 9.61 Å². The first kappa shape index (κ1) is 14.9. The molecule has 24 heavy (non-hydrogen) atoms. The molecule has 4 aromatic rings. The molecule has 0 fully saturated rings. The molecule has 0 amide bonds. The summed E-state index contributed by atoms with van der Waals surface area (Å²) in [5.74, 6) is 0.233. The molecule has 0 N–H and O–H groups in total. The number of nitrogens with zero attached hydrogens (tertiary/aromatic N) is 5. The number of hydrogen-bond acceptors (Lipinski definition) is 6. The Balaban J connectivity index is 1.78. The van der Waals surface area contributed by atoms with Crippen LogP contribution in [0, 0.1) is 25.5 Å². The number of halogens is 2. The van der Waals surface area contributed by atoms with Crippen LogP contribution in [0.15, 0.2) is 22.7 Å². The zero-order chi connectivity index (χ0) is 16.8. The van der Waals surface area contributed by atoms with Gasteiger partial charge in [0.25, 0.3) is 0 Å². The van der Waals surface area contributed by atoms with Gasteiger partial charge in [-0.1, -0.05) is 16.5 Å². The fourth-order valence-corrected chi connectivity index (χ4v) is 3.33. The number of aryl methyl sites for hydroxylation is 2. The Morgan fingerprint density at radius 1 is 1.21 bits per heavy atom. The van der Waals surface area contributed by atoms with E-state index in [-0.39, 0.29) is 5.56 Å². The van der Waals surface area contributed by atoms with Crippen LogP contribution < -0.4 is 0 Å². The zero-order valence-corrected chi connectivity index (χ0v) is 13.6. The molecule has 0 aliphatic rings. The number of benzene rings is 1. The predicted octanol–water partition coefficient (Wildman–Crippen LogP) is 3.33. The Kier molecular flexibility index (Phi) is 3.38. The second-order valence-corrected chi connectivity index (χ2v) is 6.28. The predicted molar refractivity (Wildman–Crippen MR) is 82.8 cm³/mol. The Morgan fingerprint density at radius 3 is 2.79 bits per heavy atom. The van der Waals surface area contributed by atoms with Gasteiger partial charge in [0, 0.05) is 12.0 Å². The molecule has 0 unspecified atom stereocenters. The van der Waals surface area contributed by atoms with Crippen molar-refractivity contribution >= 4 is 16.3 Å². The van der Waals surface area contributed by atoms with Gasteiger partial charge in [-0.15, -0.1) is 10.2 Å². The smallest absolute Gasteiger partial charge is 0.234 e. The highest BCUT2D eigenvalue weighted by molar-refractivity contribution is 7.19. The Morgan fingerprint density at radius 2 is 2.04 bits per heavy atom. The molecule has 0 saturated heterocycles. The van der Waals surface area contributed by atoms with Crippen LogP contribution in [0.25, 0.3) is 15.5 Å². The number of aromatic nitrogens is 5. The van der Waals surface area contributed by atoms with E-state index < -0.39 is 11.6 Å². The maximum atomic E-state index is 13.9. The number of hydrogen-bond donors (Lipinski definition) is 0. The lowest BCUT2D eigenvalue weighted by atomic mass is 10.1. The summed E-state index contributed by atoms with van der Waals surface area (Å²) in [5, 5.41) is 16.8. The minimum Gasteiger partial charge on any atom is -0.361 e. The highest BCUT2D eigenvalue weighted by atomic mass is 32.1. The molecule has 0 aliphatic heterocycles. The second kappa shape index (κ2) is 5.45. The van der Waals surface area contributed by atoms with E-state index in [2.05, 4.69) is 20.5 Å². The van der Waals surface area contributed by atoms with Gasteiger partial charge >= 0.3 is 0 Å². The van der Waals surface area contributed by atoms with E-state index in [1.54, 1.807) is 0 Å². The van der Waals surface area contributed by atoms with Crippen LogP contribution in [0.4, 0.5) is 8.78 Å². The lowest BCUT2D eigenvalue weighted by Gasteiger charge is -1.99. The third-order valence-corrected chi connectivity index (χ3v) is 4.66. The van der Waals surface area contributed by atoms with E-state index in [1.165, 1.54) is 4.52 Å². The molecule has 6 nitrogen and oxygen atoms in total. The van der Waals surface area contributed by atoms with Crippen LogP contribution in [0.2, 0.25) is 0 Å². The summed E-state index contributed by atoms with van der Waals surface area (Å²) in [6.07, 6.45) is 0.442. The fourth-order valence-electron chi connectivity index (χ4n) is 2.45. The van der Waals surface area contributed by atoms with Crippen molar-refractivity contribution in [3.8, 4) is 10.6 Å². The van der Waals surface area contributed by atoms with Gasteiger partial charge in [-0.25, -0.2) is 8.78 Å². The average molecular weight is 347 g/mol. The maximum absolute atomic E-state index is 13.9. The van der Waals surface area contributed by atoms with E-state index in [4.69, 9.17) is 4.52 Å². The van der Waals surface area contributed by atoms with Crippen molar-refractivity contribution in [1.29, 1.82) is 0 Å². The van der Waals surface area contributed by atoms with Crippen LogP contribution in [0.1, 0.15) is 22.8 Å². The van der Waals surface area contributed by atoms with Gasteiger partial charge in [0.15, 0.2) is 10.8 Å². The second-order valence-electron chi connectivity index (χ2n) is 5.32. The first-order valence-corrected chi connectivity index (χ1v) is 7.93. The summed E-state index contributed by atoms with van der Waals surface area (Å²) in [6, 6.07) is 3.27. The molecule has 9 heteroatoms. The molecule has 0 aliphatic carbocycles. The minimum absolute atomic E-state index is 0.105. The van der Waals surface area contributed by atoms with Gasteiger partial charge in [0.2, 0.25) is 4.96 Å². The molecular formula is C15H11F2N5OS. The highest BCUT2D eigenvalue weighted by Gasteiger charge is 2.18. The summed E-state index contributed by atoms with van der Waals surface area (Å²) in [7, 11) is 0. The van der Waals surface area contributed by atoms with Crippen molar-refractivity contribution < 1.29 is 13.3 Å².